The molecule has 0 fully saturated rings. The number of para-hydroxylation sites is 1. The van der Waals surface area contributed by atoms with E-state index in [0.29, 0.717) is 10.0 Å². The van der Waals surface area contributed by atoms with E-state index in [1.54, 1.807) is 6.07 Å². The van der Waals surface area contributed by atoms with Crippen LogP contribution in [-0.4, -0.2) is 6.10 Å². The molecule has 0 amide bonds. The van der Waals surface area contributed by atoms with E-state index in [-0.39, 0.29) is 6.10 Å². The lowest BCUT2D eigenvalue weighted by Crippen LogP contribution is -2.14. The third-order valence-corrected chi connectivity index (χ3v) is 5.31. The molecule has 1 aliphatic rings. The van der Waals surface area contributed by atoms with Crippen molar-refractivity contribution >= 4 is 23.2 Å². The van der Waals surface area contributed by atoms with Gasteiger partial charge in [0.05, 0.1) is 10.0 Å². The van der Waals surface area contributed by atoms with Crippen LogP contribution in [0.1, 0.15) is 11.1 Å². The van der Waals surface area contributed by atoms with Gasteiger partial charge >= 0.3 is 0 Å². The number of hydrogen-bond acceptors (Lipinski definition) is 1. The molecule has 1 heterocycles. The predicted molar refractivity (Wildman–Crippen MR) is 104 cm³/mol. The monoisotopic (exact) mass is 367 g/mol. The molecule has 3 aromatic rings. The molecule has 3 heteroatoms. The van der Waals surface area contributed by atoms with Crippen LogP contribution in [0.25, 0.3) is 11.1 Å². The first-order chi connectivity index (χ1) is 12.2. The zero-order valence-corrected chi connectivity index (χ0v) is 15.1. The first kappa shape index (κ1) is 16.5. The van der Waals surface area contributed by atoms with Crippen molar-refractivity contribution in [3.8, 4) is 16.9 Å². The molecular weight excluding hydrogens is 351 g/mol. The van der Waals surface area contributed by atoms with Crippen molar-refractivity contribution < 1.29 is 4.74 Å². The van der Waals surface area contributed by atoms with Crippen LogP contribution in [0.2, 0.25) is 10.0 Å². The molecular formula is C22H17Cl2O. The van der Waals surface area contributed by atoms with Crippen molar-refractivity contribution in [1.82, 2.24) is 0 Å². The topological polar surface area (TPSA) is 9.23 Å². The standard InChI is InChI=1S/C22H17Cl2O/c23-20-11-5-9-18(21(20)24)19-10-4-8-16-14-17(25-22(16)19)13-12-15-6-2-1-3-7-15/h1-11,13,17H,12,14H2. The second-order valence-electron chi connectivity index (χ2n) is 6.18. The highest BCUT2D eigenvalue weighted by Gasteiger charge is 2.26. The third kappa shape index (κ3) is 3.40. The van der Waals surface area contributed by atoms with Crippen LogP contribution in [0.15, 0.2) is 66.7 Å². The Morgan fingerprint density at radius 3 is 2.48 bits per heavy atom. The smallest absolute Gasteiger partial charge is 0.130 e. The van der Waals surface area contributed by atoms with E-state index in [0.717, 1.165) is 29.7 Å². The number of hydrogen-bond donors (Lipinski definition) is 0. The van der Waals surface area contributed by atoms with Crippen molar-refractivity contribution in [2.75, 3.05) is 0 Å². The average Bonchev–Trinajstić information content (AvgIpc) is 3.06. The first-order valence-corrected chi connectivity index (χ1v) is 9.08. The Labute approximate surface area is 158 Å². The van der Waals surface area contributed by atoms with Crippen LogP contribution >= 0.6 is 23.2 Å². The van der Waals surface area contributed by atoms with Gasteiger partial charge in [0, 0.05) is 24.0 Å². The summed E-state index contributed by atoms with van der Waals surface area (Å²) in [7, 11) is 0. The number of ether oxygens (including phenoxy) is 1. The average molecular weight is 368 g/mol. The Bertz CT molecular complexity index is 890. The van der Waals surface area contributed by atoms with Gasteiger partial charge in [0.1, 0.15) is 11.9 Å². The number of benzene rings is 3. The normalized spacial score (nSPS) is 15.7. The Balaban J connectivity index is 1.57. The first-order valence-electron chi connectivity index (χ1n) is 8.32. The van der Waals surface area contributed by atoms with Gasteiger partial charge < -0.3 is 4.74 Å². The maximum atomic E-state index is 6.41. The Kier molecular flexibility index (Phi) is 4.70. The minimum absolute atomic E-state index is 0.0781. The zero-order chi connectivity index (χ0) is 17.2. The van der Waals surface area contributed by atoms with Crippen LogP contribution in [0, 0.1) is 6.42 Å². The lowest BCUT2D eigenvalue weighted by Gasteiger charge is -2.13. The largest absolute Gasteiger partial charge is 0.489 e. The SMILES string of the molecule is Clc1cccc(-c2cccc3c2OC([CH]Cc2ccccc2)C3)c1Cl. The summed E-state index contributed by atoms with van der Waals surface area (Å²) in [5.74, 6) is 0.918. The van der Waals surface area contributed by atoms with Crippen molar-refractivity contribution in [2.24, 2.45) is 0 Å². The van der Waals surface area contributed by atoms with E-state index in [1.807, 2.05) is 30.3 Å². The van der Waals surface area contributed by atoms with E-state index in [4.69, 9.17) is 27.9 Å². The van der Waals surface area contributed by atoms with Crippen molar-refractivity contribution in [3.63, 3.8) is 0 Å². The van der Waals surface area contributed by atoms with Gasteiger partial charge in [0.15, 0.2) is 0 Å². The fraction of sp³-hybridized carbons (Fsp3) is 0.136. The van der Waals surface area contributed by atoms with Gasteiger partial charge in [-0.05, 0) is 23.6 Å². The molecule has 0 aliphatic carbocycles. The fourth-order valence-electron chi connectivity index (χ4n) is 3.23. The molecule has 1 aliphatic heterocycles. The molecule has 0 N–H and O–H groups in total. The van der Waals surface area contributed by atoms with E-state index >= 15 is 0 Å². The van der Waals surface area contributed by atoms with Crippen LogP contribution < -0.4 is 4.74 Å². The van der Waals surface area contributed by atoms with Gasteiger partial charge in [0.25, 0.3) is 0 Å². The molecule has 125 valence electrons. The minimum Gasteiger partial charge on any atom is -0.489 e. The molecule has 4 rings (SSSR count). The number of rotatable bonds is 4. The highest BCUT2D eigenvalue weighted by Crippen LogP contribution is 2.43. The molecule has 0 bridgehead atoms. The van der Waals surface area contributed by atoms with E-state index in [9.17, 15) is 0 Å². The lowest BCUT2D eigenvalue weighted by atomic mass is 9.99. The fourth-order valence-corrected chi connectivity index (χ4v) is 3.63. The van der Waals surface area contributed by atoms with Gasteiger partial charge in [-0.3, -0.25) is 0 Å². The van der Waals surface area contributed by atoms with Crippen molar-refractivity contribution in [3.05, 3.63) is 94.3 Å². The summed E-state index contributed by atoms with van der Waals surface area (Å²) in [5.41, 5.74) is 4.42. The minimum atomic E-state index is 0.0781. The zero-order valence-electron chi connectivity index (χ0n) is 13.6. The quantitative estimate of drug-likeness (QED) is 0.517. The maximum Gasteiger partial charge on any atom is 0.130 e. The third-order valence-electron chi connectivity index (χ3n) is 4.49. The van der Waals surface area contributed by atoms with Crippen LogP contribution in [-0.2, 0) is 12.8 Å². The lowest BCUT2D eigenvalue weighted by molar-refractivity contribution is 0.264. The van der Waals surface area contributed by atoms with Gasteiger partial charge in [-0.2, -0.15) is 0 Å². The van der Waals surface area contributed by atoms with Crippen molar-refractivity contribution in [1.29, 1.82) is 0 Å². The summed E-state index contributed by atoms with van der Waals surface area (Å²) in [6, 6.07) is 22.3. The van der Waals surface area contributed by atoms with Crippen LogP contribution in [0.3, 0.4) is 0 Å². The van der Waals surface area contributed by atoms with Gasteiger partial charge in [-0.1, -0.05) is 83.9 Å². The molecule has 0 spiro atoms. The molecule has 1 radical (unpaired) electrons. The Hall–Kier alpha value is -1.96. The molecule has 1 nitrogen and oxygen atoms in total. The Morgan fingerprint density at radius 2 is 1.64 bits per heavy atom. The molecule has 25 heavy (non-hydrogen) atoms. The molecule has 1 unspecified atom stereocenters. The second-order valence-corrected chi connectivity index (χ2v) is 6.97. The van der Waals surface area contributed by atoms with Gasteiger partial charge in [0.2, 0.25) is 0 Å². The summed E-state index contributed by atoms with van der Waals surface area (Å²) < 4.78 is 6.25. The highest BCUT2D eigenvalue weighted by molar-refractivity contribution is 6.43. The number of halogens is 2. The van der Waals surface area contributed by atoms with Gasteiger partial charge in [-0.15, -0.1) is 0 Å². The summed E-state index contributed by atoms with van der Waals surface area (Å²) in [4.78, 5) is 0. The van der Waals surface area contributed by atoms with Crippen LogP contribution in [0.4, 0.5) is 0 Å². The van der Waals surface area contributed by atoms with Crippen LogP contribution in [0.5, 0.6) is 5.75 Å². The van der Waals surface area contributed by atoms with Crippen molar-refractivity contribution in [2.45, 2.75) is 18.9 Å². The molecule has 1 atom stereocenters. The van der Waals surface area contributed by atoms with Gasteiger partial charge in [-0.25, -0.2) is 0 Å². The highest BCUT2D eigenvalue weighted by atomic mass is 35.5. The summed E-state index contributed by atoms with van der Waals surface area (Å²) in [6.45, 7) is 0. The molecule has 0 aromatic heterocycles. The maximum absolute atomic E-state index is 6.41. The van der Waals surface area contributed by atoms with E-state index < -0.39 is 0 Å². The van der Waals surface area contributed by atoms with E-state index in [2.05, 4.69) is 36.8 Å². The molecule has 0 saturated heterocycles. The molecule has 0 saturated carbocycles. The number of fused-ring (bicyclic) bond motifs is 1. The second kappa shape index (κ2) is 7.11. The van der Waals surface area contributed by atoms with E-state index in [1.165, 1.54) is 11.1 Å². The summed E-state index contributed by atoms with van der Waals surface area (Å²) in [6.07, 6.45) is 4.09. The summed E-state index contributed by atoms with van der Waals surface area (Å²) in [5, 5.41) is 1.12. The molecule has 3 aromatic carbocycles. The summed E-state index contributed by atoms with van der Waals surface area (Å²) >= 11 is 12.6. The predicted octanol–water partition coefficient (Wildman–Crippen LogP) is 6.41. The Morgan fingerprint density at radius 1 is 0.880 bits per heavy atom.